The molecule has 20 heavy (non-hydrogen) atoms. The Bertz CT molecular complexity index is 654. The van der Waals surface area contributed by atoms with Crippen LogP contribution in [0.3, 0.4) is 0 Å². The van der Waals surface area contributed by atoms with Gasteiger partial charge in [-0.1, -0.05) is 6.92 Å². The van der Waals surface area contributed by atoms with Crippen LogP contribution in [0.25, 0.3) is 0 Å². The Morgan fingerprint density at radius 1 is 1.40 bits per heavy atom. The Balaban J connectivity index is 2.17. The van der Waals surface area contributed by atoms with Gasteiger partial charge in [0.15, 0.2) is 0 Å². The van der Waals surface area contributed by atoms with E-state index in [1.54, 1.807) is 12.4 Å². The highest BCUT2D eigenvalue weighted by Gasteiger charge is 2.08. The molecule has 0 atom stereocenters. The number of aryl methyl sites for hydroxylation is 2. The first kappa shape index (κ1) is 14.7. The molecule has 1 N–H and O–H groups in total. The van der Waals surface area contributed by atoms with Gasteiger partial charge in [0.25, 0.3) is 5.56 Å². The van der Waals surface area contributed by atoms with Gasteiger partial charge in [0.05, 0.1) is 11.9 Å². The number of hydrogen-bond acceptors (Lipinski definition) is 4. The molecular formula is C14H17BrN4O. The first-order valence-electron chi connectivity index (χ1n) is 6.52. The fraction of sp³-hybridized carbons (Fsp3) is 0.357. The van der Waals surface area contributed by atoms with E-state index in [9.17, 15) is 4.79 Å². The largest absolute Gasteiger partial charge is 0.379 e. The van der Waals surface area contributed by atoms with Gasteiger partial charge in [-0.05, 0) is 46.5 Å². The lowest BCUT2D eigenvalue weighted by molar-refractivity contribution is 0.566. The summed E-state index contributed by atoms with van der Waals surface area (Å²) in [6, 6.07) is 1.96. The van der Waals surface area contributed by atoms with Crippen molar-refractivity contribution in [3.63, 3.8) is 0 Å². The Hall–Kier alpha value is -1.69. The quantitative estimate of drug-likeness (QED) is 0.911. The number of rotatable bonds is 5. The van der Waals surface area contributed by atoms with Gasteiger partial charge in [0.2, 0.25) is 0 Å². The van der Waals surface area contributed by atoms with Crippen molar-refractivity contribution in [2.75, 3.05) is 5.32 Å². The van der Waals surface area contributed by atoms with Gasteiger partial charge in [0, 0.05) is 25.5 Å². The highest BCUT2D eigenvalue weighted by atomic mass is 79.9. The van der Waals surface area contributed by atoms with Gasteiger partial charge < -0.3 is 5.32 Å². The smallest absolute Gasteiger partial charge is 0.283 e. The Morgan fingerprint density at radius 2 is 2.20 bits per heavy atom. The van der Waals surface area contributed by atoms with E-state index in [2.05, 4.69) is 31.3 Å². The van der Waals surface area contributed by atoms with Gasteiger partial charge in [-0.3, -0.25) is 9.78 Å². The highest BCUT2D eigenvalue weighted by molar-refractivity contribution is 9.10. The molecule has 0 bridgehead atoms. The molecule has 0 aliphatic rings. The lowest BCUT2D eigenvalue weighted by atomic mass is 10.1. The van der Waals surface area contributed by atoms with Crippen LogP contribution in [-0.4, -0.2) is 14.8 Å². The Labute approximate surface area is 126 Å². The second-order valence-electron chi connectivity index (χ2n) is 4.56. The van der Waals surface area contributed by atoms with E-state index in [0.717, 1.165) is 17.5 Å². The number of pyridine rings is 1. The molecule has 0 unspecified atom stereocenters. The maximum absolute atomic E-state index is 12.1. The van der Waals surface area contributed by atoms with Gasteiger partial charge in [-0.15, -0.1) is 0 Å². The van der Waals surface area contributed by atoms with E-state index < -0.39 is 0 Å². The summed E-state index contributed by atoms with van der Waals surface area (Å²) < 4.78 is 1.98. The third kappa shape index (κ3) is 3.25. The zero-order valence-electron chi connectivity index (χ0n) is 11.6. The summed E-state index contributed by atoms with van der Waals surface area (Å²) in [7, 11) is 0. The molecule has 6 heteroatoms. The summed E-state index contributed by atoms with van der Waals surface area (Å²) in [5.74, 6) is 0. The van der Waals surface area contributed by atoms with Crippen LogP contribution < -0.4 is 10.9 Å². The first-order chi connectivity index (χ1) is 9.63. The molecule has 0 aliphatic heterocycles. The molecule has 0 saturated carbocycles. The van der Waals surface area contributed by atoms with E-state index in [1.807, 2.05) is 26.1 Å². The monoisotopic (exact) mass is 336 g/mol. The average Bonchev–Trinajstić information content (AvgIpc) is 2.45. The molecule has 2 aromatic heterocycles. The van der Waals surface area contributed by atoms with Crippen molar-refractivity contribution in [3.8, 4) is 0 Å². The molecule has 0 radical (unpaired) electrons. The van der Waals surface area contributed by atoms with E-state index in [4.69, 9.17) is 0 Å². The van der Waals surface area contributed by atoms with E-state index in [-0.39, 0.29) is 5.56 Å². The topological polar surface area (TPSA) is 59.8 Å². The van der Waals surface area contributed by atoms with Crippen LogP contribution in [0.4, 0.5) is 5.69 Å². The van der Waals surface area contributed by atoms with Gasteiger partial charge in [-0.2, -0.15) is 5.10 Å². The van der Waals surface area contributed by atoms with Crippen LogP contribution >= 0.6 is 15.9 Å². The summed E-state index contributed by atoms with van der Waals surface area (Å²) in [6.07, 6.45) is 6.14. The molecule has 0 aliphatic carbocycles. The summed E-state index contributed by atoms with van der Waals surface area (Å²) >= 11 is 3.34. The predicted octanol–water partition coefficient (Wildman–Crippen LogP) is 2.73. The van der Waals surface area contributed by atoms with E-state index in [0.29, 0.717) is 23.2 Å². The van der Waals surface area contributed by atoms with Crippen molar-refractivity contribution in [1.82, 2.24) is 14.8 Å². The van der Waals surface area contributed by atoms with Crippen molar-refractivity contribution >= 4 is 21.6 Å². The average molecular weight is 337 g/mol. The van der Waals surface area contributed by atoms with Crippen LogP contribution in [0.2, 0.25) is 0 Å². The first-order valence-corrected chi connectivity index (χ1v) is 7.31. The number of nitrogens with one attached hydrogen (secondary N) is 1. The number of nitrogens with zero attached hydrogens (tertiary/aromatic N) is 3. The van der Waals surface area contributed by atoms with Gasteiger partial charge in [-0.25, -0.2) is 4.68 Å². The summed E-state index contributed by atoms with van der Waals surface area (Å²) in [4.78, 5) is 16.2. The summed E-state index contributed by atoms with van der Waals surface area (Å²) in [6.45, 7) is 5.28. The molecule has 2 rings (SSSR count). The van der Waals surface area contributed by atoms with E-state index in [1.165, 1.54) is 4.68 Å². The zero-order chi connectivity index (χ0) is 14.5. The molecule has 2 heterocycles. The second kappa shape index (κ2) is 6.65. The van der Waals surface area contributed by atoms with Crippen molar-refractivity contribution in [3.05, 3.63) is 50.6 Å². The highest BCUT2D eigenvalue weighted by Crippen LogP contribution is 2.17. The molecule has 0 aromatic carbocycles. The standard InChI is InChI=1S/C14H17BrN4O/c1-3-6-19-14(20)13(15)12(9-18-19)17-8-11-7-16-5-4-10(11)2/h4-5,7,9,17H,3,6,8H2,1-2H3. The third-order valence-corrected chi connectivity index (χ3v) is 3.80. The minimum atomic E-state index is -0.111. The maximum Gasteiger partial charge on any atom is 0.283 e. The molecule has 2 aromatic rings. The van der Waals surface area contributed by atoms with Crippen LogP contribution in [0, 0.1) is 6.92 Å². The molecule has 0 saturated heterocycles. The SMILES string of the molecule is CCCn1ncc(NCc2cnccc2C)c(Br)c1=O. The Morgan fingerprint density at radius 3 is 2.90 bits per heavy atom. The van der Waals surface area contributed by atoms with E-state index >= 15 is 0 Å². The number of halogens is 1. The number of hydrogen-bond donors (Lipinski definition) is 1. The van der Waals surface area contributed by atoms with Crippen LogP contribution in [0.1, 0.15) is 24.5 Å². The third-order valence-electron chi connectivity index (χ3n) is 3.04. The number of aromatic nitrogens is 3. The Kier molecular flexibility index (Phi) is 4.89. The molecular weight excluding hydrogens is 320 g/mol. The molecule has 0 amide bonds. The fourth-order valence-electron chi connectivity index (χ4n) is 1.83. The summed E-state index contributed by atoms with van der Waals surface area (Å²) in [5, 5.41) is 7.38. The van der Waals surface area contributed by atoms with Gasteiger partial charge >= 0.3 is 0 Å². The minimum absolute atomic E-state index is 0.111. The van der Waals surface area contributed by atoms with Crippen LogP contribution in [0.15, 0.2) is 33.9 Å². The maximum atomic E-state index is 12.1. The molecule has 106 valence electrons. The molecule has 0 spiro atoms. The van der Waals surface area contributed by atoms with Crippen molar-refractivity contribution < 1.29 is 0 Å². The zero-order valence-corrected chi connectivity index (χ0v) is 13.1. The molecule has 0 fully saturated rings. The van der Waals surface area contributed by atoms with Crippen molar-refractivity contribution in [2.45, 2.75) is 33.4 Å². The van der Waals surface area contributed by atoms with Crippen molar-refractivity contribution in [2.24, 2.45) is 0 Å². The van der Waals surface area contributed by atoms with Gasteiger partial charge in [0.1, 0.15) is 4.47 Å². The fourth-order valence-corrected chi connectivity index (χ4v) is 2.28. The lowest BCUT2D eigenvalue weighted by Crippen LogP contribution is -2.24. The lowest BCUT2D eigenvalue weighted by Gasteiger charge is -2.11. The molecule has 5 nitrogen and oxygen atoms in total. The predicted molar refractivity (Wildman–Crippen MR) is 82.8 cm³/mol. The minimum Gasteiger partial charge on any atom is -0.379 e. The summed E-state index contributed by atoms with van der Waals surface area (Å²) in [5.41, 5.74) is 2.85. The van der Waals surface area contributed by atoms with Crippen LogP contribution in [-0.2, 0) is 13.1 Å². The number of anilines is 1. The second-order valence-corrected chi connectivity index (χ2v) is 5.35. The normalized spacial score (nSPS) is 10.6. The van der Waals surface area contributed by atoms with Crippen LogP contribution in [0.5, 0.6) is 0 Å². The van der Waals surface area contributed by atoms with Crippen molar-refractivity contribution in [1.29, 1.82) is 0 Å².